The van der Waals surface area contributed by atoms with Gasteiger partial charge in [-0.1, -0.05) is 222 Å². The molecule has 0 aromatic heterocycles. The maximum atomic E-state index is 11.3. The third-order valence-electron chi connectivity index (χ3n) is 15.8. The molecule has 0 bridgehead atoms. The van der Waals surface area contributed by atoms with E-state index in [4.69, 9.17) is 47.9 Å². The number of likely N-dealkylation sites (tertiary alicyclic amines) is 1. The van der Waals surface area contributed by atoms with Crippen molar-refractivity contribution in [3.63, 3.8) is 0 Å². The summed E-state index contributed by atoms with van der Waals surface area (Å²) in [7, 11) is 5.25. The molecule has 2 aliphatic carbocycles. The van der Waals surface area contributed by atoms with E-state index >= 15 is 0 Å². The number of nitriles is 1. The minimum atomic E-state index is -0.323. The number of hydrogen-bond acceptors (Lipinski definition) is 26. The van der Waals surface area contributed by atoms with E-state index in [1.165, 1.54) is 26.4 Å². The van der Waals surface area contributed by atoms with Crippen LogP contribution in [0.25, 0.3) is 0 Å². The summed E-state index contributed by atoms with van der Waals surface area (Å²) in [6, 6.07) is 2.03. The number of carbonyl (C=O) groups excluding carboxylic acids is 12. The lowest BCUT2D eigenvalue weighted by atomic mass is 9.86. The molecule has 122 heavy (non-hydrogen) atoms. The van der Waals surface area contributed by atoms with Gasteiger partial charge in [-0.25, -0.2) is 0 Å². The van der Waals surface area contributed by atoms with Gasteiger partial charge in [0.05, 0.1) is 118 Å². The van der Waals surface area contributed by atoms with Gasteiger partial charge >= 0.3 is 59.7 Å². The first-order valence-electron chi connectivity index (χ1n) is 44.6. The maximum absolute atomic E-state index is 11.3. The van der Waals surface area contributed by atoms with Crippen LogP contribution in [0.5, 0.6) is 0 Å². The Hall–Kier alpha value is -6.79. The van der Waals surface area contributed by atoms with E-state index in [0.717, 1.165) is 39.0 Å². The first kappa shape index (κ1) is 133. The fraction of sp³-hybridized carbons (Fsp3) is 0.863. The summed E-state index contributed by atoms with van der Waals surface area (Å²) in [4.78, 5) is 134. The molecule has 1 unspecified atom stereocenters. The molecule has 2 aliphatic heterocycles. The highest BCUT2D eigenvalue weighted by atomic mass is 16.6. The predicted octanol–water partition coefficient (Wildman–Crippen LogP) is 18.8. The number of nitrogens with zero attached hydrogens (tertiary/aromatic N) is 3. The Morgan fingerprint density at radius 2 is 0.787 bits per heavy atom. The molecule has 2 heterocycles. The summed E-state index contributed by atoms with van der Waals surface area (Å²) in [5, 5.41) is 7.97. The number of rotatable bonds is 29. The number of likely N-dealkylation sites (N-methyl/N-ethyl adjacent to an activating group) is 1. The number of methoxy groups -OCH3 is 1. The summed E-state index contributed by atoms with van der Waals surface area (Å²) < 4.78 is 58.7. The minimum absolute atomic E-state index is 0.000839. The average Bonchev–Trinajstić information content (AvgIpc) is 1.28. The zero-order chi connectivity index (χ0) is 97.8. The molecule has 722 valence electrons. The number of amides is 1. The van der Waals surface area contributed by atoms with E-state index in [2.05, 4.69) is 60.7 Å². The van der Waals surface area contributed by atoms with E-state index in [9.17, 15) is 57.5 Å². The molecule has 4 fully saturated rings. The van der Waals surface area contributed by atoms with Crippen molar-refractivity contribution in [2.45, 2.75) is 365 Å². The molecule has 1 atom stereocenters. The Balaban J connectivity index is -0.000000162. The van der Waals surface area contributed by atoms with Crippen LogP contribution in [0, 0.1) is 106 Å². The lowest BCUT2D eigenvalue weighted by Crippen LogP contribution is -2.50. The Morgan fingerprint density at radius 3 is 1.00 bits per heavy atom. The predicted molar refractivity (Wildman–Crippen MR) is 485 cm³/mol. The molecule has 2 saturated heterocycles. The number of hydrogen-bond donors (Lipinski definition) is 0. The van der Waals surface area contributed by atoms with Crippen LogP contribution in [-0.4, -0.2) is 204 Å². The van der Waals surface area contributed by atoms with Gasteiger partial charge in [0.2, 0.25) is 5.91 Å². The summed E-state index contributed by atoms with van der Waals surface area (Å²) >= 11 is 0. The quantitative estimate of drug-likeness (QED) is 0.0496. The highest BCUT2D eigenvalue weighted by Crippen LogP contribution is 2.29. The van der Waals surface area contributed by atoms with Crippen molar-refractivity contribution in [2.24, 2.45) is 94.2 Å². The molecule has 27 heteroatoms. The highest BCUT2D eigenvalue weighted by molar-refractivity contribution is 5.83. The van der Waals surface area contributed by atoms with E-state index in [0.29, 0.717) is 81.1 Å². The van der Waals surface area contributed by atoms with Gasteiger partial charge in [0.25, 0.3) is 0 Å². The van der Waals surface area contributed by atoms with Crippen LogP contribution >= 0.6 is 0 Å². The van der Waals surface area contributed by atoms with Gasteiger partial charge in [0.1, 0.15) is 30.2 Å². The summed E-state index contributed by atoms with van der Waals surface area (Å²) in [6.07, 6.45) is 8.32. The highest BCUT2D eigenvalue weighted by Gasteiger charge is 2.29. The first-order valence-corrected chi connectivity index (χ1v) is 44.6. The second kappa shape index (κ2) is 78.9. The van der Waals surface area contributed by atoms with Crippen LogP contribution in [0.4, 0.5) is 0 Å². The molecule has 2 saturated carbocycles. The van der Waals surface area contributed by atoms with Crippen molar-refractivity contribution in [3.05, 3.63) is 0 Å². The molecule has 0 radical (unpaired) electrons. The van der Waals surface area contributed by atoms with Crippen LogP contribution in [0.3, 0.4) is 0 Å². The smallest absolute Gasteiger partial charge is 0.309 e. The van der Waals surface area contributed by atoms with E-state index < -0.39 is 0 Å². The minimum Gasteiger partial charge on any atom is -0.469 e. The van der Waals surface area contributed by atoms with Crippen LogP contribution < -0.4 is 0 Å². The van der Waals surface area contributed by atoms with E-state index in [-0.39, 0.29) is 173 Å². The largest absolute Gasteiger partial charge is 0.469 e. The van der Waals surface area contributed by atoms with Crippen molar-refractivity contribution in [1.29, 1.82) is 5.26 Å². The van der Waals surface area contributed by atoms with Crippen LogP contribution in [0.15, 0.2) is 0 Å². The Kier molecular flexibility index (Phi) is 86.2. The van der Waals surface area contributed by atoms with Gasteiger partial charge in [-0.15, -0.1) is 0 Å². The number of carbonyl (C=O) groups is 12. The van der Waals surface area contributed by atoms with Crippen LogP contribution in [0.2, 0.25) is 0 Å². The molecule has 4 rings (SSSR count). The molecule has 0 aromatic rings. The summed E-state index contributed by atoms with van der Waals surface area (Å²) in [5.74, 6) is 1.61. The monoisotopic (exact) mass is 1750 g/mol. The van der Waals surface area contributed by atoms with E-state index in [1.807, 2.05) is 215 Å². The fourth-order valence-electron chi connectivity index (χ4n) is 6.78. The Bertz CT molecular complexity index is 2660. The van der Waals surface area contributed by atoms with Crippen molar-refractivity contribution in [1.82, 2.24) is 9.80 Å². The van der Waals surface area contributed by atoms with Crippen molar-refractivity contribution < 1.29 is 114 Å². The van der Waals surface area contributed by atoms with Crippen molar-refractivity contribution in [2.75, 3.05) is 80.5 Å². The number of ketones is 1. The summed E-state index contributed by atoms with van der Waals surface area (Å²) in [6.45, 7) is 81.6. The van der Waals surface area contributed by atoms with Crippen molar-refractivity contribution in [3.8, 4) is 6.07 Å². The maximum Gasteiger partial charge on any atom is 0.309 e. The Morgan fingerprint density at radius 1 is 0.426 bits per heavy atom. The van der Waals surface area contributed by atoms with Gasteiger partial charge in [0, 0.05) is 50.5 Å². The van der Waals surface area contributed by atoms with Gasteiger partial charge in [-0.2, -0.15) is 5.26 Å². The molecule has 0 spiro atoms. The number of Topliss-reactive ketones (excluding diaryl/α,β-unsaturated/α-hetero) is 1. The Labute approximate surface area is 742 Å². The first-order chi connectivity index (χ1) is 55.8. The normalized spacial score (nSPS) is 13.4. The fourth-order valence-corrected chi connectivity index (χ4v) is 6.78. The molecule has 1 amide bonds. The second-order valence-electron chi connectivity index (χ2n) is 36.9. The zero-order valence-electron chi connectivity index (χ0n) is 85.2. The summed E-state index contributed by atoms with van der Waals surface area (Å²) in [5.41, 5.74) is -0.149. The van der Waals surface area contributed by atoms with Gasteiger partial charge < -0.3 is 61.7 Å². The third-order valence-corrected chi connectivity index (χ3v) is 15.8. The molecule has 0 aromatic carbocycles. The van der Waals surface area contributed by atoms with Crippen molar-refractivity contribution >= 4 is 71.4 Å². The number of esters is 10. The van der Waals surface area contributed by atoms with E-state index in [1.54, 1.807) is 45.6 Å². The SMILES string of the molecule is CC(C)C(=O)N(C)C(C)C.CC(C)C(=O)OC1CCC1.CC(C)C(=O)OC1CN(C)C1.CC(C)C(=O)OC1COC1.CC(C)C(=O)OCC#N.CC(C)C(=O)OCC1CC1.CC(C)CC(=O)C(C)(C)C.CC(C)COC(=O)C(C)C.CC(C)COC(C)C.CC(C)OC(=O)C(C)C.CCC(C)OC(=O)C(C)C.CCOC(=O)C(C)C.COC(=O)C(C)C. The molecule has 0 N–H and O–H groups in total. The molecule has 4 aliphatic rings. The second-order valence-corrected chi connectivity index (χ2v) is 36.9. The zero-order valence-corrected chi connectivity index (χ0v) is 85.2. The molecular weight excluding hydrogens is 1570 g/mol. The lowest BCUT2D eigenvalue weighted by molar-refractivity contribution is -0.175. The topological polar surface area (TPSA) is 346 Å². The molecular formula is C95H183N3O24. The van der Waals surface area contributed by atoms with Gasteiger partial charge in [-0.3, -0.25) is 62.4 Å². The standard InChI is InChI=1S/C9H18O.C8H15NO2.C8H17NO.2C8H14O2.2C8H16O2.C7H12O3.C7H14O2.C7H16O.C6H9NO2.C6H12O2.C5H10O2/c1-7(2)6-8(10)9(3,4)5;1-6(2)8(10)11-7-4-9(3)5-7;1-6(2)8(10)9(5)7(3)4;1-6(2)8(9)10-5-7-3-4-7;1-6(2)8(9)10-7-4-3-5-7;1-6(2)5-10-8(9)7(3)4;1-5-7(4)10-8(9)6(2)3;1-5(2)7(8)10-6-3-9-4-6;1-5(2)7(8)9-6(3)4;1-6(2)5-8-7(3)4;1-5(2)6(8)9-4-3-7;1-4-8-6(7)5(2)3;1-4(2)5(6)7-3/h7H,6H2,1-5H3;6-7H,4-5H2,1-3H3;6-7H,1-5H3;2*6-7H,3-5H2,1-2H3;2*6-7H,5H2,1-4H3;5-6H,3-4H2,1-2H3;5-6H,1-4H3;6-7H,5H2,1-4H3;5H,4H2,1-2H3;5H,4H2,1-3H3;4H,1-3H3. The lowest BCUT2D eigenvalue weighted by Gasteiger charge is -2.35. The van der Waals surface area contributed by atoms with Gasteiger partial charge in [0.15, 0.2) is 6.61 Å². The molecule has 27 nitrogen and oxygen atoms in total. The van der Waals surface area contributed by atoms with Gasteiger partial charge in [-0.05, 0) is 125 Å². The number of ether oxygens (including phenoxy) is 12. The van der Waals surface area contributed by atoms with Crippen LogP contribution in [0.1, 0.15) is 322 Å². The third kappa shape index (κ3) is 92.4. The average molecular weight is 1750 g/mol. The van der Waals surface area contributed by atoms with Crippen LogP contribution in [-0.2, 0) is 114 Å².